The molecule has 25 heavy (non-hydrogen) atoms. The molecule has 0 amide bonds. The summed E-state index contributed by atoms with van der Waals surface area (Å²) in [6, 6.07) is 9.27. The Morgan fingerprint density at radius 2 is 1.88 bits per heavy atom. The minimum Gasteiger partial charge on any atom is -0.494 e. The molecule has 2 aromatic rings. The maximum Gasteiger partial charge on any atom is 0.165 e. The highest BCUT2D eigenvalue weighted by molar-refractivity contribution is 5.30. The first-order valence-electron chi connectivity index (χ1n) is 8.90. The van der Waals surface area contributed by atoms with Gasteiger partial charge in [-0.3, -0.25) is 9.88 Å². The molecule has 0 radical (unpaired) electrons. The van der Waals surface area contributed by atoms with Gasteiger partial charge in [-0.25, -0.2) is 4.39 Å². The number of nitrogens with zero attached hydrogens (tertiary/aromatic N) is 3. The van der Waals surface area contributed by atoms with Crippen LogP contribution >= 0.6 is 0 Å². The van der Waals surface area contributed by atoms with Crippen molar-refractivity contribution < 1.29 is 9.13 Å². The zero-order valence-corrected chi connectivity index (χ0v) is 14.8. The molecule has 4 nitrogen and oxygen atoms in total. The van der Waals surface area contributed by atoms with Crippen LogP contribution in [0.25, 0.3) is 0 Å². The van der Waals surface area contributed by atoms with Gasteiger partial charge in [0.1, 0.15) is 0 Å². The van der Waals surface area contributed by atoms with Crippen LogP contribution in [-0.2, 0) is 13.0 Å². The van der Waals surface area contributed by atoms with Gasteiger partial charge in [0.2, 0.25) is 0 Å². The second-order valence-corrected chi connectivity index (χ2v) is 6.55. The van der Waals surface area contributed by atoms with E-state index in [1.54, 1.807) is 6.07 Å². The molecule has 3 rings (SSSR count). The zero-order valence-electron chi connectivity index (χ0n) is 14.8. The topological polar surface area (TPSA) is 28.6 Å². The second kappa shape index (κ2) is 8.92. The number of aromatic nitrogens is 1. The number of hydrogen-bond acceptors (Lipinski definition) is 4. The van der Waals surface area contributed by atoms with Crippen LogP contribution in [0.3, 0.4) is 0 Å². The van der Waals surface area contributed by atoms with Crippen LogP contribution in [0.5, 0.6) is 5.75 Å². The summed E-state index contributed by atoms with van der Waals surface area (Å²) >= 11 is 0. The number of methoxy groups -OCH3 is 1. The van der Waals surface area contributed by atoms with E-state index in [4.69, 9.17) is 4.74 Å². The summed E-state index contributed by atoms with van der Waals surface area (Å²) in [7, 11) is 1.51. The molecule has 2 heterocycles. The second-order valence-electron chi connectivity index (χ2n) is 6.55. The van der Waals surface area contributed by atoms with Crippen LogP contribution in [0, 0.1) is 5.82 Å². The number of benzene rings is 1. The van der Waals surface area contributed by atoms with Gasteiger partial charge in [-0.15, -0.1) is 0 Å². The predicted molar refractivity (Wildman–Crippen MR) is 97.2 cm³/mol. The quantitative estimate of drug-likeness (QED) is 0.773. The lowest BCUT2D eigenvalue weighted by atomic mass is 10.1. The summed E-state index contributed by atoms with van der Waals surface area (Å²) < 4.78 is 18.6. The molecule has 0 atom stereocenters. The summed E-state index contributed by atoms with van der Waals surface area (Å²) in [6.45, 7) is 6.25. The van der Waals surface area contributed by atoms with Crippen molar-refractivity contribution in [3.05, 3.63) is 59.7 Å². The number of pyridine rings is 1. The van der Waals surface area contributed by atoms with Crippen LogP contribution in [0.1, 0.15) is 17.5 Å². The van der Waals surface area contributed by atoms with E-state index in [2.05, 4.69) is 20.9 Å². The number of rotatable bonds is 7. The Bertz CT molecular complexity index is 657. The molecule has 0 saturated carbocycles. The predicted octanol–water partition coefficient (Wildman–Crippen LogP) is 2.98. The van der Waals surface area contributed by atoms with Crippen molar-refractivity contribution in [3.8, 4) is 5.75 Å². The van der Waals surface area contributed by atoms with Gasteiger partial charge < -0.3 is 9.64 Å². The third kappa shape index (κ3) is 5.25. The maximum atomic E-state index is 13.5. The number of halogens is 1. The summed E-state index contributed by atoms with van der Waals surface area (Å²) in [4.78, 5) is 9.11. The van der Waals surface area contributed by atoms with Crippen molar-refractivity contribution in [2.75, 3.05) is 39.8 Å². The van der Waals surface area contributed by atoms with Gasteiger partial charge in [-0.2, -0.15) is 0 Å². The summed E-state index contributed by atoms with van der Waals surface area (Å²) in [5.41, 5.74) is 2.41. The molecule has 1 aliphatic heterocycles. The monoisotopic (exact) mass is 343 g/mol. The van der Waals surface area contributed by atoms with Gasteiger partial charge in [-0.1, -0.05) is 12.1 Å². The van der Waals surface area contributed by atoms with Gasteiger partial charge in [0, 0.05) is 45.1 Å². The first kappa shape index (κ1) is 17.8. The van der Waals surface area contributed by atoms with E-state index in [1.807, 2.05) is 24.5 Å². The van der Waals surface area contributed by atoms with E-state index >= 15 is 0 Å². The van der Waals surface area contributed by atoms with Crippen LogP contribution in [0.15, 0.2) is 42.7 Å². The average Bonchev–Trinajstić information content (AvgIpc) is 2.65. The fraction of sp³-hybridized carbons (Fsp3) is 0.450. The van der Waals surface area contributed by atoms with Gasteiger partial charge in [0.15, 0.2) is 11.6 Å². The normalized spacial score (nSPS) is 16.1. The fourth-order valence-corrected chi connectivity index (χ4v) is 3.28. The highest BCUT2D eigenvalue weighted by Crippen LogP contribution is 2.19. The maximum absolute atomic E-state index is 13.5. The van der Waals surface area contributed by atoms with E-state index in [9.17, 15) is 4.39 Å². The fourth-order valence-electron chi connectivity index (χ4n) is 3.28. The molecule has 0 unspecified atom stereocenters. The number of piperazine rings is 1. The molecular formula is C20H26FN3O. The van der Waals surface area contributed by atoms with Crippen LogP contribution in [0.2, 0.25) is 0 Å². The van der Waals surface area contributed by atoms with Gasteiger partial charge in [0.05, 0.1) is 7.11 Å². The van der Waals surface area contributed by atoms with Crippen LogP contribution in [0.4, 0.5) is 4.39 Å². The van der Waals surface area contributed by atoms with Gasteiger partial charge in [-0.05, 0) is 48.7 Å². The Hall–Kier alpha value is -1.98. The number of hydrogen-bond donors (Lipinski definition) is 0. The van der Waals surface area contributed by atoms with Crippen LogP contribution in [-0.4, -0.2) is 54.6 Å². The highest BCUT2D eigenvalue weighted by Gasteiger charge is 2.17. The molecule has 5 heteroatoms. The molecule has 1 saturated heterocycles. The van der Waals surface area contributed by atoms with Crippen molar-refractivity contribution in [2.24, 2.45) is 0 Å². The smallest absolute Gasteiger partial charge is 0.165 e. The molecule has 134 valence electrons. The standard InChI is InChI=1S/C20H26FN3O/c1-25-20-14-18(6-7-19(20)21)16-24-12-10-23(11-13-24)9-3-5-17-4-2-8-22-15-17/h2,4,6-8,14-15H,3,5,9-13,16H2,1H3. The van der Waals surface area contributed by atoms with Gasteiger partial charge in [0.25, 0.3) is 0 Å². The molecule has 0 bridgehead atoms. The van der Waals surface area contributed by atoms with Crippen molar-refractivity contribution in [1.82, 2.24) is 14.8 Å². The largest absolute Gasteiger partial charge is 0.494 e. The van der Waals surface area contributed by atoms with Crippen molar-refractivity contribution in [1.29, 1.82) is 0 Å². The SMILES string of the molecule is COc1cc(CN2CCN(CCCc3cccnc3)CC2)ccc1F. The molecular weight excluding hydrogens is 317 g/mol. The Morgan fingerprint density at radius 3 is 2.60 bits per heavy atom. The lowest BCUT2D eigenvalue weighted by Gasteiger charge is -2.34. The molecule has 1 aromatic carbocycles. The number of aryl methyl sites for hydroxylation is 1. The number of ether oxygens (including phenoxy) is 1. The third-order valence-corrected chi connectivity index (χ3v) is 4.75. The molecule has 1 aliphatic rings. The van der Waals surface area contributed by atoms with Crippen molar-refractivity contribution in [2.45, 2.75) is 19.4 Å². The Balaban J connectivity index is 1.40. The molecule has 0 aliphatic carbocycles. The lowest BCUT2D eigenvalue weighted by molar-refractivity contribution is 0.126. The summed E-state index contributed by atoms with van der Waals surface area (Å²) in [6.07, 6.45) is 6.03. The minimum atomic E-state index is -0.301. The molecule has 0 N–H and O–H groups in total. The van der Waals surface area contributed by atoms with Crippen molar-refractivity contribution >= 4 is 0 Å². The first-order chi connectivity index (χ1) is 12.2. The van der Waals surface area contributed by atoms with Crippen LogP contribution < -0.4 is 4.74 Å². The molecule has 1 fully saturated rings. The Morgan fingerprint density at radius 1 is 1.08 bits per heavy atom. The third-order valence-electron chi connectivity index (χ3n) is 4.75. The van der Waals surface area contributed by atoms with E-state index < -0.39 is 0 Å². The van der Waals surface area contributed by atoms with E-state index in [-0.39, 0.29) is 5.82 Å². The summed E-state index contributed by atoms with van der Waals surface area (Å²) in [5, 5.41) is 0. The lowest BCUT2D eigenvalue weighted by Crippen LogP contribution is -2.46. The van der Waals surface area contributed by atoms with E-state index in [0.717, 1.165) is 51.3 Å². The molecule has 0 spiro atoms. The minimum absolute atomic E-state index is 0.301. The zero-order chi connectivity index (χ0) is 17.5. The van der Waals surface area contributed by atoms with Crippen molar-refractivity contribution in [3.63, 3.8) is 0 Å². The van der Waals surface area contributed by atoms with Gasteiger partial charge >= 0.3 is 0 Å². The Kier molecular flexibility index (Phi) is 6.36. The van der Waals surface area contributed by atoms with E-state index in [0.29, 0.717) is 5.75 Å². The Labute approximate surface area is 149 Å². The molecule has 1 aromatic heterocycles. The first-order valence-corrected chi connectivity index (χ1v) is 8.90. The summed E-state index contributed by atoms with van der Waals surface area (Å²) in [5.74, 6) is 0.0243. The average molecular weight is 343 g/mol. The highest BCUT2D eigenvalue weighted by atomic mass is 19.1. The van der Waals surface area contributed by atoms with E-state index in [1.165, 1.54) is 25.2 Å².